The smallest absolute Gasteiger partial charge is 0.162 e. The largest absolute Gasteiger partial charge is 0.270 e. The minimum Gasteiger partial charge on any atom is -0.270 e. The van der Waals surface area contributed by atoms with Gasteiger partial charge in [0.15, 0.2) is 5.82 Å². The van der Waals surface area contributed by atoms with Gasteiger partial charge >= 0.3 is 0 Å². The fourth-order valence-corrected chi connectivity index (χ4v) is 3.47. The maximum atomic E-state index is 13.2. The van der Waals surface area contributed by atoms with Crippen LogP contribution in [-0.4, -0.2) is 9.97 Å². The molecule has 0 aliphatic carbocycles. The van der Waals surface area contributed by atoms with Crippen molar-refractivity contribution in [2.75, 3.05) is 5.48 Å². The number of anilines is 1. The van der Waals surface area contributed by atoms with Gasteiger partial charge in [-0.15, -0.1) is 11.3 Å². The predicted octanol–water partition coefficient (Wildman–Crippen LogP) is 5.04. The van der Waals surface area contributed by atoms with Gasteiger partial charge in [0, 0.05) is 10.9 Å². The standard InChI is InChI=1S/C19H14FN3OS/c20-15-8-6-14(7-9-15)16-11-25-19-17(16)18(21-12-22-19)23-24-10-13-4-2-1-3-5-13/h1-9,11-12H,10H2,(H,21,22,23). The van der Waals surface area contributed by atoms with E-state index in [0.29, 0.717) is 12.4 Å². The number of aromatic nitrogens is 2. The van der Waals surface area contributed by atoms with Crippen molar-refractivity contribution < 1.29 is 9.23 Å². The number of hydrogen-bond donors (Lipinski definition) is 1. The molecule has 4 aromatic rings. The molecule has 25 heavy (non-hydrogen) atoms. The first-order valence-electron chi connectivity index (χ1n) is 7.71. The SMILES string of the molecule is Fc1ccc(-c2csc3ncnc(NOCc4ccccc4)c23)cc1. The van der Waals surface area contributed by atoms with Gasteiger partial charge in [0.2, 0.25) is 0 Å². The third-order valence-electron chi connectivity index (χ3n) is 3.78. The lowest BCUT2D eigenvalue weighted by molar-refractivity contribution is 0.179. The van der Waals surface area contributed by atoms with Crippen molar-refractivity contribution in [1.82, 2.24) is 9.97 Å². The highest BCUT2D eigenvalue weighted by Gasteiger charge is 2.13. The fraction of sp³-hybridized carbons (Fsp3) is 0.0526. The summed E-state index contributed by atoms with van der Waals surface area (Å²) >= 11 is 1.52. The molecule has 124 valence electrons. The Bertz CT molecular complexity index is 987. The average molecular weight is 351 g/mol. The minimum absolute atomic E-state index is 0.260. The Morgan fingerprint density at radius 1 is 1.00 bits per heavy atom. The van der Waals surface area contributed by atoms with Crippen LogP contribution >= 0.6 is 11.3 Å². The van der Waals surface area contributed by atoms with E-state index in [-0.39, 0.29) is 5.82 Å². The molecule has 0 radical (unpaired) electrons. The zero-order chi connectivity index (χ0) is 17.1. The van der Waals surface area contributed by atoms with Crippen molar-refractivity contribution in [1.29, 1.82) is 0 Å². The number of rotatable bonds is 5. The van der Waals surface area contributed by atoms with Crippen LogP contribution in [0.1, 0.15) is 5.56 Å². The lowest BCUT2D eigenvalue weighted by Crippen LogP contribution is -2.04. The van der Waals surface area contributed by atoms with Crippen LogP contribution in [0.3, 0.4) is 0 Å². The van der Waals surface area contributed by atoms with Gasteiger partial charge in [-0.1, -0.05) is 42.5 Å². The molecule has 0 spiro atoms. The summed E-state index contributed by atoms with van der Waals surface area (Å²) in [7, 11) is 0. The van der Waals surface area contributed by atoms with Gasteiger partial charge in [-0.05, 0) is 23.3 Å². The summed E-state index contributed by atoms with van der Waals surface area (Å²) in [5.41, 5.74) is 5.85. The summed E-state index contributed by atoms with van der Waals surface area (Å²) in [5, 5.41) is 2.86. The van der Waals surface area contributed by atoms with E-state index < -0.39 is 0 Å². The zero-order valence-electron chi connectivity index (χ0n) is 13.1. The number of halogens is 1. The minimum atomic E-state index is -0.260. The van der Waals surface area contributed by atoms with E-state index in [9.17, 15) is 4.39 Å². The van der Waals surface area contributed by atoms with Gasteiger partial charge in [-0.25, -0.2) is 19.8 Å². The second kappa shape index (κ2) is 6.96. The molecule has 2 aromatic heterocycles. The van der Waals surface area contributed by atoms with Crippen LogP contribution in [0.5, 0.6) is 0 Å². The summed E-state index contributed by atoms with van der Waals surface area (Å²) in [6, 6.07) is 16.3. The molecule has 2 aromatic carbocycles. The molecule has 0 aliphatic heterocycles. The molecular formula is C19H14FN3OS. The van der Waals surface area contributed by atoms with E-state index in [0.717, 1.165) is 26.9 Å². The van der Waals surface area contributed by atoms with Gasteiger partial charge < -0.3 is 0 Å². The fourth-order valence-electron chi connectivity index (χ4n) is 2.56. The van der Waals surface area contributed by atoms with E-state index in [1.54, 1.807) is 12.1 Å². The summed E-state index contributed by atoms with van der Waals surface area (Å²) in [4.78, 5) is 15.1. The Morgan fingerprint density at radius 2 is 1.80 bits per heavy atom. The average Bonchev–Trinajstić information content (AvgIpc) is 3.08. The number of thiophene rings is 1. The molecule has 4 rings (SSSR count). The van der Waals surface area contributed by atoms with E-state index in [1.165, 1.54) is 29.8 Å². The number of nitrogens with one attached hydrogen (secondary N) is 1. The van der Waals surface area contributed by atoms with Crippen molar-refractivity contribution in [3.05, 3.63) is 77.7 Å². The van der Waals surface area contributed by atoms with E-state index in [2.05, 4.69) is 15.4 Å². The van der Waals surface area contributed by atoms with Crippen LogP contribution in [0.4, 0.5) is 10.2 Å². The third kappa shape index (κ3) is 3.35. The van der Waals surface area contributed by atoms with Crippen LogP contribution in [-0.2, 0) is 11.4 Å². The van der Waals surface area contributed by atoms with Crippen LogP contribution in [0.2, 0.25) is 0 Å². The molecular weight excluding hydrogens is 337 g/mol. The number of nitrogens with zero attached hydrogens (tertiary/aromatic N) is 2. The number of hydrogen-bond acceptors (Lipinski definition) is 5. The van der Waals surface area contributed by atoms with E-state index in [4.69, 9.17) is 4.84 Å². The predicted molar refractivity (Wildman–Crippen MR) is 97.7 cm³/mol. The van der Waals surface area contributed by atoms with Crippen molar-refractivity contribution in [2.24, 2.45) is 0 Å². The molecule has 0 atom stereocenters. The monoisotopic (exact) mass is 351 g/mol. The van der Waals surface area contributed by atoms with Gasteiger partial charge in [0.05, 0.1) is 12.0 Å². The van der Waals surface area contributed by atoms with Gasteiger partial charge in [-0.2, -0.15) is 0 Å². The van der Waals surface area contributed by atoms with Crippen LogP contribution in [0, 0.1) is 5.82 Å². The second-order valence-corrected chi connectivity index (χ2v) is 6.29. The van der Waals surface area contributed by atoms with Crippen molar-refractivity contribution in [3.63, 3.8) is 0 Å². The van der Waals surface area contributed by atoms with Crippen LogP contribution in [0.25, 0.3) is 21.3 Å². The summed E-state index contributed by atoms with van der Waals surface area (Å²) in [6.45, 7) is 0.419. The molecule has 0 bridgehead atoms. The number of fused-ring (bicyclic) bond motifs is 1. The highest BCUT2D eigenvalue weighted by molar-refractivity contribution is 7.17. The number of benzene rings is 2. The first-order valence-corrected chi connectivity index (χ1v) is 8.59. The maximum absolute atomic E-state index is 13.2. The highest BCUT2D eigenvalue weighted by atomic mass is 32.1. The molecule has 0 saturated heterocycles. The van der Waals surface area contributed by atoms with Gasteiger partial charge in [0.25, 0.3) is 0 Å². The molecule has 0 amide bonds. The Kier molecular flexibility index (Phi) is 4.37. The van der Waals surface area contributed by atoms with Crippen molar-refractivity contribution in [2.45, 2.75) is 6.61 Å². The van der Waals surface area contributed by atoms with E-state index >= 15 is 0 Å². The zero-order valence-corrected chi connectivity index (χ0v) is 14.0. The Balaban J connectivity index is 1.62. The summed E-state index contributed by atoms with van der Waals surface area (Å²) < 4.78 is 13.2. The lowest BCUT2D eigenvalue weighted by atomic mass is 10.1. The molecule has 0 saturated carbocycles. The molecule has 4 nitrogen and oxygen atoms in total. The lowest BCUT2D eigenvalue weighted by Gasteiger charge is -2.09. The quantitative estimate of drug-likeness (QED) is 0.512. The van der Waals surface area contributed by atoms with Crippen molar-refractivity contribution in [3.8, 4) is 11.1 Å². The Labute approximate surface area is 147 Å². The maximum Gasteiger partial charge on any atom is 0.162 e. The normalized spacial score (nSPS) is 10.9. The first-order chi connectivity index (χ1) is 12.3. The Hall–Kier alpha value is -2.83. The first kappa shape index (κ1) is 15.7. The molecule has 2 heterocycles. The highest BCUT2D eigenvalue weighted by Crippen LogP contribution is 2.36. The third-order valence-corrected chi connectivity index (χ3v) is 4.66. The van der Waals surface area contributed by atoms with Gasteiger partial charge in [0.1, 0.15) is 17.0 Å². The molecule has 1 N–H and O–H groups in total. The molecule has 0 aliphatic rings. The van der Waals surface area contributed by atoms with Gasteiger partial charge in [-0.3, -0.25) is 4.84 Å². The summed E-state index contributed by atoms with van der Waals surface area (Å²) in [5.74, 6) is 0.339. The summed E-state index contributed by atoms with van der Waals surface area (Å²) in [6.07, 6.45) is 1.50. The molecule has 6 heteroatoms. The second-order valence-electron chi connectivity index (χ2n) is 5.44. The Morgan fingerprint density at radius 3 is 2.60 bits per heavy atom. The molecule has 0 unspecified atom stereocenters. The van der Waals surface area contributed by atoms with E-state index in [1.807, 2.05) is 35.7 Å². The topological polar surface area (TPSA) is 47.0 Å². The van der Waals surface area contributed by atoms with Crippen molar-refractivity contribution >= 4 is 27.4 Å². The van der Waals surface area contributed by atoms with Crippen LogP contribution in [0.15, 0.2) is 66.3 Å². The van der Waals surface area contributed by atoms with Crippen LogP contribution < -0.4 is 5.48 Å². The molecule has 0 fully saturated rings.